The van der Waals surface area contributed by atoms with Crippen LogP contribution in [0.15, 0.2) is 29.2 Å². The van der Waals surface area contributed by atoms with Gasteiger partial charge in [-0.25, -0.2) is 13.8 Å². The molecule has 0 bridgehead atoms. The van der Waals surface area contributed by atoms with E-state index in [9.17, 15) is 18.4 Å². The van der Waals surface area contributed by atoms with E-state index in [1.165, 1.54) is 12.3 Å². The second-order valence-corrected chi connectivity index (χ2v) is 5.95. The molecule has 2 heterocycles. The largest absolute Gasteiger partial charge is 0.339 e. The quantitative estimate of drug-likeness (QED) is 0.672. The van der Waals surface area contributed by atoms with Crippen molar-refractivity contribution in [2.45, 2.75) is 27.3 Å². The number of hydrogen-bond donors (Lipinski definition) is 0. The molecule has 5 nitrogen and oxygen atoms in total. The van der Waals surface area contributed by atoms with Crippen molar-refractivity contribution in [3.8, 4) is 0 Å². The van der Waals surface area contributed by atoms with Crippen LogP contribution in [0.2, 0.25) is 0 Å². The lowest BCUT2D eigenvalue weighted by Gasteiger charge is -2.19. The van der Waals surface area contributed by atoms with Crippen molar-refractivity contribution < 1.29 is 13.6 Å². The van der Waals surface area contributed by atoms with Gasteiger partial charge < -0.3 is 9.47 Å². The Morgan fingerprint density at radius 1 is 1.12 bits per heavy atom. The third kappa shape index (κ3) is 2.83. The van der Waals surface area contributed by atoms with Crippen LogP contribution in [0.25, 0.3) is 21.9 Å². The molecule has 0 aliphatic carbocycles. The van der Waals surface area contributed by atoms with Crippen LogP contribution in [0.4, 0.5) is 8.78 Å². The molecular weight excluding hydrogens is 340 g/mol. The molecule has 136 valence electrons. The average Bonchev–Trinajstić information content (AvgIpc) is 2.63. The smallest absolute Gasteiger partial charge is 0.259 e. The number of rotatable bonds is 4. The first-order chi connectivity index (χ1) is 12.4. The Labute approximate surface area is 148 Å². The number of fused-ring (bicyclic) bond motifs is 2. The van der Waals surface area contributed by atoms with Crippen molar-refractivity contribution >= 4 is 27.8 Å². The summed E-state index contributed by atoms with van der Waals surface area (Å²) in [4.78, 5) is 31.5. The Balaban J connectivity index is 2.35. The van der Waals surface area contributed by atoms with Gasteiger partial charge in [-0.15, -0.1) is 0 Å². The first-order valence-corrected chi connectivity index (χ1v) is 8.53. The average molecular weight is 359 g/mol. The topological polar surface area (TPSA) is 55.2 Å². The summed E-state index contributed by atoms with van der Waals surface area (Å²) in [6, 6.07) is 3.48. The van der Waals surface area contributed by atoms with Gasteiger partial charge in [0.2, 0.25) is 5.43 Å². The van der Waals surface area contributed by atoms with Gasteiger partial charge in [0.1, 0.15) is 11.2 Å². The number of carbonyl (C=O) groups excluding carboxylic acids is 1. The zero-order valence-corrected chi connectivity index (χ0v) is 14.8. The van der Waals surface area contributed by atoms with E-state index < -0.39 is 17.1 Å². The van der Waals surface area contributed by atoms with Crippen molar-refractivity contribution in [1.82, 2.24) is 14.5 Å². The number of aryl methyl sites for hydroxylation is 1. The minimum Gasteiger partial charge on any atom is -0.339 e. The summed E-state index contributed by atoms with van der Waals surface area (Å²) < 4.78 is 28.7. The first kappa shape index (κ1) is 18.0. The van der Waals surface area contributed by atoms with Crippen LogP contribution in [-0.2, 0) is 6.54 Å². The lowest BCUT2D eigenvalue weighted by atomic mass is 10.1. The number of hydrogen-bond acceptors (Lipinski definition) is 3. The van der Waals surface area contributed by atoms with Crippen molar-refractivity contribution in [3.63, 3.8) is 0 Å². The van der Waals surface area contributed by atoms with E-state index in [0.717, 1.165) is 12.1 Å². The fourth-order valence-electron chi connectivity index (χ4n) is 3.04. The molecule has 0 saturated heterocycles. The van der Waals surface area contributed by atoms with Gasteiger partial charge in [0, 0.05) is 37.3 Å². The summed E-state index contributed by atoms with van der Waals surface area (Å²) in [5.41, 5.74) is 0.181. The third-order valence-electron chi connectivity index (χ3n) is 4.50. The number of pyridine rings is 2. The second-order valence-electron chi connectivity index (χ2n) is 5.95. The minimum atomic E-state index is -1.01. The van der Waals surface area contributed by atoms with Gasteiger partial charge in [-0.3, -0.25) is 9.59 Å². The van der Waals surface area contributed by atoms with Crippen LogP contribution >= 0.6 is 0 Å². The van der Waals surface area contributed by atoms with Gasteiger partial charge in [0.05, 0.1) is 10.9 Å². The Kier molecular flexibility index (Phi) is 4.71. The van der Waals surface area contributed by atoms with Gasteiger partial charge >= 0.3 is 0 Å². The Bertz CT molecular complexity index is 1070. The van der Waals surface area contributed by atoms with Crippen molar-refractivity contribution in [1.29, 1.82) is 0 Å². The molecule has 3 rings (SSSR count). The first-order valence-electron chi connectivity index (χ1n) is 8.53. The minimum absolute atomic E-state index is 0.0479. The Hall–Kier alpha value is -2.83. The number of halogens is 2. The van der Waals surface area contributed by atoms with E-state index in [4.69, 9.17) is 0 Å². The summed E-state index contributed by atoms with van der Waals surface area (Å²) >= 11 is 0. The number of amides is 1. The maximum absolute atomic E-state index is 13.6. The molecule has 0 aliphatic heterocycles. The van der Waals surface area contributed by atoms with Crippen molar-refractivity contribution in [2.75, 3.05) is 13.1 Å². The molecule has 7 heteroatoms. The van der Waals surface area contributed by atoms with Crippen LogP contribution in [0.1, 0.15) is 31.1 Å². The van der Waals surface area contributed by atoms with E-state index in [0.29, 0.717) is 30.7 Å². The normalized spacial score (nSPS) is 11.3. The monoisotopic (exact) mass is 359 g/mol. The highest BCUT2D eigenvalue weighted by Gasteiger charge is 2.20. The molecule has 0 atom stereocenters. The molecule has 1 amide bonds. The molecule has 0 unspecified atom stereocenters. The number of benzene rings is 1. The fourth-order valence-corrected chi connectivity index (χ4v) is 3.04. The Morgan fingerprint density at radius 3 is 2.38 bits per heavy atom. The van der Waals surface area contributed by atoms with E-state index in [1.807, 2.05) is 20.8 Å². The summed E-state index contributed by atoms with van der Waals surface area (Å²) in [6.45, 7) is 6.98. The lowest BCUT2D eigenvalue weighted by Crippen LogP contribution is -2.34. The molecule has 0 aliphatic rings. The van der Waals surface area contributed by atoms with Crippen molar-refractivity contribution in [2.24, 2.45) is 0 Å². The molecule has 0 saturated carbocycles. The predicted octanol–water partition coefficient (Wildman–Crippen LogP) is 3.33. The standard InChI is InChI=1S/C19H19F2N3O2/c1-4-23(5-2)19(26)13-10-24(6-3)18-12(17(13)25)7-11-8-14(20)15(21)9-16(11)22-18/h7-10H,4-6H2,1-3H3. The van der Waals surface area contributed by atoms with Gasteiger partial charge in [-0.2, -0.15) is 0 Å². The maximum atomic E-state index is 13.6. The van der Waals surface area contributed by atoms with Gasteiger partial charge in [-0.1, -0.05) is 0 Å². The van der Waals surface area contributed by atoms with Crippen LogP contribution in [0, 0.1) is 11.6 Å². The number of carbonyl (C=O) groups is 1. The van der Waals surface area contributed by atoms with E-state index >= 15 is 0 Å². The molecule has 0 N–H and O–H groups in total. The van der Waals surface area contributed by atoms with E-state index in [-0.39, 0.29) is 22.4 Å². The van der Waals surface area contributed by atoms with E-state index in [2.05, 4.69) is 4.98 Å². The number of nitrogens with zero attached hydrogens (tertiary/aromatic N) is 3. The highest BCUT2D eigenvalue weighted by Crippen LogP contribution is 2.21. The van der Waals surface area contributed by atoms with Gasteiger partial charge in [0.15, 0.2) is 11.6 Å². The molecule has 26 heavy (non-hydrogen) atoms. The zero-order valence-electron chi connectivity index (χ0n) is 14.8. The lowest BCUT2D eigenvalue weighted by molar-refractivity contribution is 0.0771. The highest BCUT2D eigenvalue weighted by atomic mass is 19.2. The summed E-state index contributed by atoms with van der Waals surface area (Å²) in [5.74, 6) is -2.36. The summed E-state index contributed by atoms with van der Waals surface area (Å²) in [6.07, 6.45) is 1.49. The van der Waals surface area contributed by atoms with Crippen LogP contribution in [0.3, 0.4) is 0 Å². The molecule has 0 fully saturated rings. The fraction of sp³-hybridized carbons (Fsp3) is 0.316. The maximum Gasteiger partial charge on any atom is 0.259 e. The molecule has 3 aromatic rings. The van der Waals surface area contributed by atoms with Crippen LogP contribution in [0.5, 0.6) is 0 Å². The molecule has 0 radical (unpaired) electrons. The molecular formula is C19H19F2N3O2. The molecule has 1 aromatic carbocycles. The zero-order chi connectivity index (χ0) is 19.0. The predicted molar refractivity (Wildman–Crippen MR) is 96.4 cm³/mol. The number of aromatic nitrogens is 2. The molecule has 0 spiro atoms. The summed E-state index contributed by atoms with van der Waals surface area (Å²) in [7, 11) is 0. The second kappa shape index (κ2) is 6.82. The highest BCUT2D eigenvalue weighted by molar-refractivity contribution is 5.99. The van der Waals surface area contributed by atoms with Gasteiger partial charge in [-0.05, 0) is 32.9 Å². The van der Waals surface area contributed by atoms with E-state index in [1.54, 1.807) is 9.47 Å². The van der Waals surface area contributed by atoms with Crippen molar-refractivity contribution in [3.05, 3.63) is 51.8 Å². The SMILES string of the molecule is CCN(CC)C(=O)c1cn(CC)c2nc3cc(F)c(F)cc3cc2c1=O. The van der Waals surface area contributed by atoms with Crippen LogP contribution < -0.4 is 5.43 Å². The molecule has 2 aromatic heterocycles. The third-order valence-corrected chi connectivity index (χ3v) is 4.50. The van der Waals surface area contributed by atoms with Crippen LogP contribution in [-0.4, -0.2) is 33.4 Å². The summed E-state index contributed by atoms with van der Waals surface area (Å²) in [5, 5.41) is 0.520. The van der Waals surface area contributed by atoms with Gasteiger partial charge in [0.25, 0.3) is 5.91 Å². The Morgan fingerprint density at radius 2 is 1.77 bits per heavy atom.